The predicted molar refractivity (Wildman–Crippen MR) is 477 cm³/mol. The molecule has 0 bridgehead atoms. The molecule has 0 aromatic carbocycles. The zero-order valence-electron chi connectivity index (χ0n) is 81.6. The van der Waals surface area contributed by atoms with Crippen LogP contribution in [0.25, 0.3) is 0 Å². The van der Waals surface area contributed by atoms with Crippen molar-refractivity contribution in [2.24, 2.45) is 198 Å². The van der Waals surface area contributed by atoms with Crippen LogP contribution in [0.15, 0.2) is 46.1 Å². The van der Waals surface area contributed by atoms with Crippen LogP contribution in [0.5, 0.6) is 0 Å². The molecule has 0 unspecified atom stereocenters. The lowest BCUT2D eigenvalue weighted by molar-refractivity contribution is 0.0569. The van der Waals surface area contributed by atoms with Gasteiger partial charge in [-0.15, -0.1) is 0 Å². The Kier molecular flexibility index (Phi) is 48.3. The molecule has 0 amide bonds. The van der Waals surface area contributed by atoms with Crippen molar-refractivity contribution in [2.45, 2.75) is 412 Å². The second-order valence-electron chi connectivity index (χ2n) is 43.6. The van der Waals surface area contributed by atoms with Crippen LogP contribution in [-0.4, -0.2) is 0 Å². The van der Waals surface area contributed by atoms with E-state index < -0.39 is 0 Å². The van der Waals surface area contributed by atoms with Crippen LogP contribution in [0, 0.1) is 198 Å². The van der Waals surface area contributed by atoms with E-state index >= 15 is 0 Å². The van der Waals surface area contributed by atoms with E-state index in [1.54, 1.807) is 16.7 Å². The third-order valence-electron chi connectivity index (χ3n) is 28.2. The van der Waals surface area contributed by atoms with Crippen molar-refractivity contribution >= 4 is 0 Å². The summed E-state index contributed by atoms with van der Waals surface area (Å²) in [6.45, 7) is 132. The fourth-order valence-corrected chi connectivity index (χ4v) is 25.8. The summed E-state index contributed by atoms with van der Waals surface area (Å²) in [5, 5.41) is 0. The zero-order chi connectivity index (χ0) is 82.3. The molecule has 0 atom stereocenters. The number of hydrogen-bond acceptors (Lipinski definition) is 0. The van der Waals surface area contributed by atoms with E-state index in [1.165, 1.54) is 38.5 Å². The first-order valence-electron chi connectivity index (χ1n) is 44.8. The minimum absolute atomic E-state index is 0.248. The molecule has 0 heterocycles. The lowest BCUT2D eigenvalue weighted by Gasteiger charge is -2.55. The van der Waals surface area contributed by atoms with Gasteiger partial charge in [-0.05, 0) is 236 Å². The van der Waals surface area contributed by atoms with Crippen molar-refractivity contribution in [1.29, 1.82) is 0 Å². The first-order valence-corrected chi connectivity index (χ1v) is 44.8. The molecule has 0 aliphatic rings. The number of hydrogen-bond donors (Lipinski definition) is 0. The number of allylic oxidation sites excluding steroid dienone is 8. The Morgan fingerprint density at radius 3 is 0.441 bits per heavy atom. The molecule has 0 radical (unpaired) electrons. The predicted octanol–water partition coefficient (Wildman–Crippen LogP) is 35.0. The van der Waals surface area contributed by atoms with Gasteiger partial charge in [-0.25, -0.2) is 0 Å². The maximum atomic E-state index is 2.80. The summed E-state index contributed by atoms with van der Waals surface area (Å²) in [5.74, 6) is 17.9. The molecule has 0 nitrogen and oxygen atoms in total. The van der Waals surface area contributed by atoms with Crippen molar-refractivity contribution in [3.05, 3.63) is 46.1 Å². The van der Waals surface area contributed by atoms with Crippen LogP contribution in [0.4, 0.5) is 0 Å². The molecule has 0 aromatic heterocycles. The molecule has 0 saturated heterocycles. The Labute approximate surface area is 652 Å². The van der Waals surface area contributed by atoms with Crippen LogP contribution in [0.2, 0.25) is 0 Å². The molecule has 0 aliphatic carbocycles. The van der Waals surface area contributed by atoms with Gasteiger partial charge in [-0.3, -0.25) is 0 Å². The minimum Gasteiger partial charge on any atom is -0.0845 e. The number of rotatable bonds is 40. The lowest BCUT2D eigenvalue weighted by atomic mass is 9.50. The van der Waals surface area contributed by atoms with Gasteiger partial charge in [-0.1, -0.05) is 420 Å². The Morgan fingerprint density at radius 1 is 0.167 bits per heavy atom. The van der Waals surface area contributed by atoms with E-state index in [1.807, 2.05) is 11.1 Å². The molecule has 0 heteroatoms. The maximum absolute atomic E-state index is 2.80. The van der Waals surface area contributed by atoms with Gasteiger partial charge < -0.3 is 0 Å². The van der Waals surface area contributed by atoms with Gasteiger partial charge in [0.25, 0.3) is 0 Å². The van der Waals surface area contributed by atoms with Gasteiger partial charge in [0, 0.05) is 0 Å². The monoisotopic (exact) mass is 1430 g/mol. The third-order valence-corrected chi connectivity index (χ3v) is 28.2. The van der Waals surface area contributed by atoms with E-state index in [4.69, 9.17) is 0 Å². The van der Waals surface area contributed by atoms with Crippen molar-refractivity contribution < 1.29 is 0 Å². The zero-order valence-corrected chi connectivity index (χ0v) is 81.6. The molecule has 0 aliphatic heterocycles. The van der Waals surface area contributed by atoms with Crippen molar-refractivity contribution in [3.8, 4) is 0 Å². The van der Waals surface area contributed by atoms with E-state index in [0.29, 0.717) is 153 Å². The summed E-state index contributed by atoms with van der Waals surface area (Å²) in [6.07, 6.45) is 15.6. The maximum Gasteiger partial charge on any atom is -0.00162 e. The molecule has 0 aromatic rings. The third kappa shape index (κ3) is 25.2. The second-order valence-corrected chi connectivity index (χ2v) is 43.6. The Hall–Kier alpha value is -1.04. The van der Waals surface area contributed by atoms with E-state index in [9.17, 15) is 0 Å². The van der Waals surface area contributed by atoms with Gasteiger partial charge in [0.1, 0.15) is 0 Å². The first-order chi connectivity index (χ1) is 45.9. The van der Waals surface area contributed by atoms with Crippen LogP contribution < -0.4 is 0 Å². The van der Waals surface area contributed by atoms with Crippen LogP contribution >= 0.6 is 0 Å². The van der Waals surface area contributed by atoms with Gasteiger partial charge in [0.05, 0.1) is 0 Å². The highest BCUT2D eigenvalue weighted by atomic mass is 14.6. The first kappa shape index (κ1) is 107. The van der Waals surface area contributed by atoms with Gasteiger partial charge in [0.2, 0.25) is 0 Å². The SMILES string of the molecule is CC(C)C/C(=C(/CC(C)C)C(C(C)C)(C(C)C)C(C)C)C(C(C)C)(C(C)C)C(C)C.CC(C)CC(=CC(C(C)C)(C(C)C)C(C)C)C(C(C)C)(C(C)C)C(C)C.CC(C)CC(=CC(C(C)C)(C(C)C)C(C)C)C(C(C)C)(C(C)C)C(C)C.CC(C)CC=C(CC(C)C)C(C(C)C)(C(C)C)C(C)C. The van der Waals surface area contributed by atoms with Crippen molar-refractivity contribution in [1.82, 2.24) is 0 Å². The Morgan fingerprint density at radius 2 is 0.314 bits per heavy atom. The van der Waals surface area contributed by atoms with Crippen LogP contribution in [0.3, 0.4) is 0 Å². The molecule has 0 saturated carbocycles. The fourth-order valence-electron chi connectivity index (χ4n) is 25.8. The summed E-state index contributed by atoms with van der Waals surface area (Å²) in [5.41, 5.74) is 10.8. The highest BCUT2D eigenvalue weighted by Gasteiger charge is 2.53. The average Bonchev–Trinajstić information content (AvgIpc) is 0.734. The summed E-state index contributed by atoms with van der Waals surface area (Å²) >= 11 is 0. The highest BCUT2D eigenvalue weighted by Crippen LogP contribution is 2.61. The molecule has 0 rings (SSSR count). The Balaban J connectivity index is -0.000000633. The van der Waals surface area contributed by atoms with Crippen molar-refractivity contribution in [3.63, 3.8) is 0 Å². The summed E-state index contributed by atoms with van der Waals surface area (Å²) in [4.78, 5) is 0. The standard InChI is InChI=1S/C30H60.2C26H52.C20H40/c1-19(2)17-27(29(21(5)6,22(7)8)23(9)10)28(18-20(3)4)30(24(11)12,25(13)14)26(15)16;2*1-17(2)15-24(26(21(9)10,22(11)12)23(13)14)16-25(18(3)4,19(5)6)20(7)8;1-14(2)11-12-19(13-15(3)4)20(16(5)6,17(7)8)18(9)10/h19-26H,17-18H2,1-16H3;2*16-23H,15H2,1-14H3;12,14-18H,11,13H2,1-10H3/b28-27+;;;. The quantitative estimate of drug-likeness (QED) is 0.0537. The van der Waals surface area contributed by atoms with Gasteiger partial charge in [-0.2, -0.15) is 0 Å². The molecular weight excluding hydrogens is 1230 g/mol. The van der Waals surface area contributed by atoms with Crippen LogP contribution in [0.1, 0.15) is 412 Å². The highest BCUT2D eigenvalue weighted by molar-refractivity contribution is 5.34. The van der Waals surface area contributed by atoms with Crippen molar-refractivity contribution in [2.75, 3.05) is 0 Å². The van der Waals surface area contributed by atoms with Gasteiger partial charge >= 0.3 is 0 Å². The fraction of sp³-hybridized carbons (Fsp3) is 0.922. The molecular formula is C102H204. The van der Waals surface area contributed by atoms with E-state index in [0.717, 1.165) is 11.8 Å². The molecule has 0 fully saturated rings. The average molecular weight is 1430 g/mol. The molecule has 102 heavy (non-hydrogen) atoms. The molecule has 0 spiro atoms. The summed E-state index contributed by atoms with van der Waals surface area (Å²) in [6, 6.07) is 0. The molecule has 0 N–H and O–H groups in total. The largest absolute Gasteiger partial charge is 0.0845 e. The molecule has 612 valence electrons. The Bertz CT molecular complexity index is 2030. The topological polar surface area (TPSA) is 0 Å². The summed E-state index contributed by atoms with van der Waals surface area (Å²) in [7, 11) is 0. The normalized spacial score (nSPS) is 15.0. The minimum atomic E-state index is 0.248. The smallest absolute Gasteiger partial charge is 0.00162 e. The van der Waals surface area contributed by atoms with E-state index in [-0.39, 0.29) is 32.5 Å². The summed E-state index contributed by atoms with van der Waals surface area (Å²) < 4.78 is 0. The van der Waals surface area contributed by atoms with E-state index in [2.05, 4.69) is 392 Å². The second kappa shape index (κ2) is 45.9. The van der Waals surface area contributed by atoms with Gasteiger partial charge in [0.15, 0.2) is 0 Å². The lowest BCUT2D eigenvalue weighted by Crippen LogP contribution is -2.47. The van der Waals surface area contributed by atoms with Crippen LogP contribution in [-0.2, 0) is 0 Å².